The van der Waals surface area contributed by atoms with Gasteiger partial charge in [-0.25, -0.2) is 14.6 Å². The number of methoxy groups -OCH3 is 1. The molecule has 2 aromatic heterocycles. The summed E-state index contributed by atoms with van der Waals surface area (Å²) in [4.78, 5) is 31.1. The molecule has 0 aromatic carbocycles. The Kier molecular flexibility index (Phi) is 4.60. The highest BCUT2D eigenvalue weighted by Crippen LogP contribution is 2.05. The molecule has 2 rings (SSSR count). The van der Waals surface area contributed by atoms with Crippen LogP contribution in [0, 0.1) is 6.92 Å². The molecule has 0 atom stereocenters. The number of aryl methyl sites for hydroxylation is 1. The minimum atomic E-state index is -0.364. The van der Waals surface area contributed by atoms with Crippen molar-refractivity contribution < 1.29 is 9.53 Å². The molecule has 0 unspecified atom stereocenters. The van der Waals surface area contributed by atoms with E-state index >= 15 is 0 Å². The summed E-state index contributed by atoms with van der Waals surface area (Å²) in [6.45, 7) is 2.34. The average molecular weight is 289 g/mol. The van der Waals surface area contributed by atoms with Gasteiger partial charge in [-0.3, -0.25) is 9.59 Å². The van der Waals surface area contributed by atoms with Gasteiger partial charge in [-0.05, 0) is 13.0 Å². The van der Waals surface area contributed by atoms with Crippen LogP contribution < -0.4 is 15.6 Å². The third kappa shape index (κ3) is 3.85. The van der Waals surface area contributed by atoms with E-state index < -0.39 is 0 Å². The number of hydrogen-bond acceptors (Lipinski definition) is 6. The first kappa shape index (κ1) is 14.6. The van der Waals surface area contributed by atoms with Crippen molar-refractivity contribution in [3.63, 3.8) is 0 Å². The molecule has 0 bridgehead atoms. The normalized spacial score (nSPS) is 10.2. The van der Waals surface area contributed by atoms with E-state index in [4.69, 9.17) is 4.74 Å². The number of rotatable bonds is 5. The molecule has 1 N–H and O–H groups in total. The van der Waals surface area contributed by atoms with Crippen LogP contribution in [0.3, 0.4) is 0 Å². The van der Waals surface area contributed by atoms with E-state index in [1.54, 1.807) is 13.0 Å². The van der Waals surface area contributed by atoms with Crippen LogP contribution in [0.1, 0.15) is 16.2 Å². The van der Waals surface area contributed by atoms with Gasteiger partial charge in [0.05, 0.1) is 19.3 Å². The van der Waals surface area contributed by atoms with Crippen LogP contribution in [0.25, 0.3) is 0 Å². The van der Waals surface area contributed by atoms with Crippen molar-refractivity contribution in [1.29, 1.82) is 0 Å². The van der Waals surface area contributed by atoms with Gasteiger partial charge in [-0.15, -0.1) is 0 Å². The summed E-state index contributed by atoms with van der Waals surface area (Å²) in [5.74, 6) is -0.0527. The second-order valence-corrected chi connectivity index (χ2v) is 4.24. The lowest BCUT2D eigenvalue weighted by Gasteiger charge is -2.07. The standard InChI is InChI=1S/C13H15N5O3/c1-9-3-4-12(19)18(17-9)6-5-14-13(20)10-7-11(21-2)16-8-15-10/h3-4,7-8H,5-6H2,1-2H3,(H,14,20). The summed E-state index contributed by atoms with van der Waals surface area (Å²) in [5.41, 5.74) is 0.728. The molecule has 0 saturated carbocycles. The molecule has 2 heterocycles. The monoisotopic (exact) mass is 289 g/mol. The maximum atomic E-state index is 11.9. The van der Waals surface area contributed by atoms with Crippen LogP contribution >= 0.6 is 0 Å². The molecule has 21 heavy (non-hydrogen) atoms. The quantitative estimate of drug-likeness (QED) is 0.817. The molecule has 110 valence electrons. The van der Waals surface area contributed by atoms with E-state index in [-0.39, 0.29) is 30.2 Å². The van der Waals surface area contributed by atoms with Crippen LogP contribution in [-0.2, 0) is 6.54 Å². The summed E-state index contributed by atoms with van der Waals surface area (Å²) in [6, 6.07) is 4.52. The zero-order chi connectivity index (χ0) is 15.2. The fourth-order valence-corrected chi connectivity index (χ4v) is 1.65. The highest BCUT2D eigenvalue weighted by atomic mass is 16.5. The van der Waals surface area contributed by atoms with Gasteiger partial charge >= 0.3 is 0 Å². The maximum Gasteiger partial charge on any atom is 0.270 e. The molecule has 0 aliphatic heterocycles. The Hall–Kier alpha value is -2.77. The minimum Gasteiger partial charge on any atom is -0.481 e. The Labute approximate surface area is 120 Å². The Morgan fingerprint density at radius 2 is 2.19 bits per heavy atom. The van der Waals surface area contributed by atoms with Gasteiger partial charge in [0.1, 0.15) is 12.0 Å². The van der Waals surface area contributed by atoms with Crippen molar-refractivity contribution in [3.8, 4) is 5.88 Å². The van der Waals surface area contributed by atoms with Crippen LogP contribution in [0.4, 0.5) is 0 Å². The predicted molar refractivity (Wildman–Crippen MR) is 74.2 cm³/mol. The number of hydrogen-bond donors (Lipinski definition) is 1. The van der Waals surface area contributed by atoms with Crippen molar-refractivity contribution in [2.75, 3.05) is 13.7 Å². The van der Waals surface area contributed by atoms with Crippen LogP contribution in [0.15, 0.2) is 29.3 Å². The number of nitrogens with zero attached hydrogens (tertiary/aromatic N) is 4. The largest absolute Gasteiger partial charge is 0.481 e. The van der Waals surface area contributed by atoms with Gasteiger partial charge in [0, 0.05) is 18.7 Å². The fourth-order valence-electron chi connectivity index (χ4n) is 1.65. The zero-order valence-electron chi connectivity index (χ0n) is 11.7. The van der Waals surface area contributed by atoms with E-state index in [1.807, 2.05) is 0 Å². The number of amides is 1. The number of carbonyl (C=O) groups is 1. The van der Waals surface area contributed by atoms with Crippen molar-refractivity contribution in [1.82, 2.24) is 25.1 Å². The Balaban J connectivity index is 1.95. The lowest BCUT2D eigenvalue weighted by atomic mass is 10.3. The van der Waals surface area contributed by atoms with Gasteiger partial charge in [0.2, 0.25) is 5.88 Å². The zero-order valence-corrected chi connectivity index (χ0v) is 11.7. The highest BCUT2D eigenvalue weighted by molar-refractivity contribution is 5.92. The molecule has 0 aliphatic carbocycles. The van der Waals surface area contributed by atoms with Crippen LogP contribution in [0.5, 0.6) is 5.88 Å². The summed E-state index contributed by atoms with van der Waals surface area (Å²) in [6.07, 6.45) is 1.25. The van der Waals surface area contributed by atoms with Gasteiger partial charge < -0.3 is 10.1 Å². The molecule has 0 saturated heterocycles. The van der Waals surface area contributed by atoms with E-state index in [0.717, 1.165) is 5.69 Å². The number of carbonyl (C=O) groups excluding carboxylic acids is 1. The van der Waals surface area contributed by atoms with E-state index in [9.17, 15) is 9.59 Å². The molecule has 2 aromatic rings. The van der Waals surface area contributed by atoms with Crippen molar-refractivity contribution in [3.05, 3.63) is 46.3 Å². The SMILES string of the molecule is COc1cc(C(=O)NCCn2nc(C)ccc2=O)ncn1. The fraction of sp³-hybridized carbons (Fsp3) is 0.308. The topological polar surface area (TPSA) is 99.0 Å². The average Bonchev–Trinajstić information content (AvgIpc) is 2.50. The van der Waals surface area contributed by atoms with Crippen molar-refractivity contribution in [2.45, 2.75) is 13.5 Å². The van der Waals surface area contributed by atoms with Crippen molar-refractivity contribution in [2.24, 2.45) is 0 Å². The molecule has 0 aliphatic rings. The molecule has 8 heteroatoms. The number of nitrogens with one attached hydrogen (secondary N) is 1. The van der Waals surface area contributed by atoms with Gasteiger partial charge in [0.15, 0.2) is 0 Å². The third-order valence-electron chi connectivity index (χ3n) is 2.69. The molecule has 8 nitrogen and oxygen atoms in total. The lowest BCUT2D eigenvalue weighted by Crippen LogP contribution is -2.32. The third-order valence-corrected chi connectivity index (χ3v) is 2.69. The van der Waals surface area contributed by atoms with E-state index in [1.165, 1.54) is 30.3 Å². The first-order chi connectivity index (χ1) is 10.1. The Bertz CT molecular complexity index is 698. The summed E-state index contributed by atoms with van der Waals surface area (Å²) >= 11 is 0. The second-order valence-electron chi connectivity index (χ2n) is 4.24. The second kappa shape index (κ2) is 6.60. The molecule has 0 spiro atoms. The molecule has 1 amide bonds. The van der Waals surface area contributed by atoms with Crippen LogP contribution in [-0.4, -0.2) is 39.3 Å². The Morgan fingerprint density at radius 1 is 1.38 bits per heavy atom. The van der Waals surface area contributed by atoms with E-state index in [2.05, 4.69) is 20.4 Å². The Morgan fingerprint density at radius 3 is 2.95 bits per heavy atom. The predicted octanol–water partition coefficient (Wildman–Crippen LogP) is -0.220. The smallest absolute Gasteiger partial charge is 0.270 e. The molecule has 0 fully saturated rings. The summed E-state index contributed by atoms with van der Waals surface area (Å²) < 4.78 is 6.22. The van der Waals surface area contributed by atoms with Crippen molar-refractivity contribution >= 4 is 5.91 Å². The maximum absolute atomic E-state index is 11.9. The number of ether oxygens (including phenoxy) is 1. The first-order valence-corrected chi connectivity index (χ1v) is 6.29. The van der Waals surface area contributed by atoms with E-state index in [0.29, 0.717) is 5.88 Å². The first-order valence-electron chi connectivity index (χ1n) is 6.29. The molecular weight excluding hydrogens is 274 g/mol. The highest BCUT2D eigenvalue weighted by Gasteiger charge is 2.08. The summed E-state index contributed by atoms with van der Waals surface area (Å²) in [5, 5.41) is 6.74. The van der Waals surface area contributed by atoms with Crippen LogP contribution in [0.2, 0.25) is 0 Å². The number of aromatic nitrogens is 4. The molecular formula is C13H15N5O3. The lowest BCUT2D eigenvalue weighted by molar-refractivity contribution is 0.0946. The summed E-state index contributed by atoms with van der Waals surface area (Å²) in [7, 11) is 1.46. The molecule has 0 radical (unpaired) electrons. The van der Waals surface area contributed by atoms with Gasteiger partial charge in [-0.1, -0.05) is 0 Å². The minimum absolute atomic E-state index is 0.200. The van der Waals surface area contributed by atoms with Gasteiger partial charge in [0.25, 0.3) is 11.5 Å². The van der Waals surface area contributed by atoms with Gasteiger partial charge in [-0.2, -0.15) is 5.10 Å².